The molecule has 0 saturated carbocycles. The van der Waals surface area contributed by atoms with Crippen LogP contribution in [-0.4, -0.2) is 58.5 Å². The molecule has 15 heteroatoms. The second-order valence-electron chi connectivity index (χ2n) is 8.50. The van der Waals surface area contributed by atoms with E-state index < -0.39 is 61.6 Å². The number of methoxy groups -OCH3 is 1. The molecule has 1 N–H and O–H groups in total. The number of carbonyl (C=O) groups is 1. The smallest absolute Gasteiger partial charge is 0.413 e. The van der Waals surface area contributed by atoms with Crippen LogP contribution in [0.15, 0.2) is 48.9 Å². The van der Waals surface area contributed by atoms with E-state index in [1.807, 2.05) is 0 Å². The average Bonchev–Trinajstić information content (AvgIpc) is 3.30. The fourth-order valence-corrected chi connectivity index (χ4v) is 4.05. The van der Waals surface area contributed by atoms with Crippen molar-refractivity contribution in [2.24, 2.45) is 0 Å². The van der Waals surface area contributed by atoms with E-state index in [1.54, 1.807) is 28.9 Å². The standard InChI is InChI=1S/C24H23F9N4O2/c1-3-37(21(38)35-18(23(28,29)30)8-9-22(25,26)27)20(24(31,32)33)14-4-6-17(39-2)16(12-14)15-5-7-19-34-10-11-36(19)13-15/h4-7,10-13,18,20H,3,8-9H2,1-2H3,(H,35,38)/t18-,20-/m0/s1. The minimum atomic E-state index is -5.33. The highest BCUT2D eigenvalue weighted by atomic mass is 19.4. The second-order valence-corrected chi connectivity index (χ2v) is 8.50. The normalized spacial score (nSPS) is 14.2. The molecule has 0 unspecified atom stereocenters. The average molecular weight is 570 g/mol. The monoisotopic (exact) mass is 570 g/mol. The van der Waals surface area contributed by atoms with Crippen molar-refractivity contribution in [1.29, 1.82) is 0 Å². The number of urea groups is 1. The largest absolute Gasteiger partial charge is 0.496 e. The van der Waals surface area contributed by atoms with Crippen LogP contribution in [0.2, 0.25) is 0 Å². The first-order chi connectivity index (χ1) is 18.0. The van der Waals surface area contributed by atoms with E-state index in [4.69, 9.17) is 4.74 Å². The molecule has 3 aromatic rings. The number of halogens is 9. The molecule has 3 rings (SSSR count). The molecule has 1 aromatic carbocycles. The molecule has 214 valence electrons. The highest BCUT2D eigenvalue weighted by Crippen LogP contribution is 2.41. The minimum absolute atomic E-state index is 0.0942. The summed E-state index contributed by atoms with van der Waals surface area (Å²) in [6, 6.07) is -1.05. The van der Waals surface area contributed by atoms with Gasteiger partial charge in [-0.05, 0) is 43.2 Å². The molecule has 39 heavy (non-hydrogen) atoms. The third kappa shape index (κ3) is 7.26. The number of hydrogen-bond acceptors (Lipinski definition) is 3. The summed E-state index contributed by atoms with van der Waals surface area (Å²) < 4.78 is 127. The van der Waals surface area contributed by atoms with Crippen LogP contribution in [0, 0.1) is 0 Å². The van der Waals surface area contributed by atoms with Gasteiger partial charge in [0.2, 0.25) is 0 Å². The summed E-state index contributed by atoms with van der Waals surface area (Å²) in [6.45, 7) is 0.399. The summed E-state index contributed by atoms with van der Waals surface area (Å²) in [4.78, 5) is 16.9. The van der Waals surface area contributed by atoms with Gasteiger partial charge in [-0.3, -0.25) is 0 Å². The topological polar surface area (TPSA) is 58.9 Å². The molecule has 2 aromatic heterocycles. The number of pyridine rings is 1. The van der Waals surface area contributed by atoms with Crippen molar-refractivity contribution < 1.29 is 49.0 Å². The minimum Gasteiger partial charge on any atom is -0.496 e. The third-order valence-electron chi connectivity index (χ3n) is 5.87. The van der Waals surface area contributed by atoms with Gasteiger partial charge in [0.1, 0.15) is 17.4 Å². The van der Waals surface area contributed by atoms with E-state index in [0.29, 0.717) is 11.2 Å². The van der Waals surface area contributed by atoms with Gasteiger partial charge in [-0.15, -0.1) is 0 Å². The lowest BCUT2D eigenvalue weighted by molar-refractivity contribution is -0.181. The molecule has 0 aliphatic rings. The summed E-state index contributed by atoms with van der Waals surface area (Å²) in [5.41, 5.74) is 0.659. The van der Waals surface area contributed by atoms with Crippen LogP contribution in [0.4, 0.5) is 44.3 Å². The third-order valence-corrected chi connectivity index (χ3v) is 5.87. The van der Waals surface area contributed by atoms with Crippen molar-refractivity contribution in [3.05, 3.63) is 54.5 Å². The van der Waals surface area contributed by atoms with E-state index in [-0.39, 0.29) is 16.2 Å². The van der Waals surface area contributed by atoms with Gasteiger partial charge in [0, 0.05) is 42.7 Å². The number of carbonyl (C=O) groups excluding carboxylic acids is 1. The maximum Gasteiger partial charge on any atom is 0.413 e. The highest BCUT2D eigenvalue weighted by Gasteiger charge is 2.49. The number of fused-ring (bicyclic) bond motifs is 1. The van der Waals surface area contributed by atoms with E-state index in [0.717, 1.165) is 19.1 Å². The quantitative estimate of drug-likeness (QED) is 0.299. The van der Waals surface area contributed by atoms with Crippen molar-refractivity contribution >= 4 is 11.7 Å². The number of nitrogens with zero attached hydrogens (tertiary/aromatic N) is 3. The van der Waals surface area contributed by atoms with Crippen LogP contribution in [0.1, 0.15) is 31.4 Å². The second kappa shape index (κ2) is 11.2. The van der Waals surface area contributed by atoms with Gasteiger partial charge in [-0.1, -0.05) is 6.07 Å². The molecule has 0 saturated heterocycles. The zero-order valence-electron chi connectivity index (χ0n) is 20.5. The Morgan fingerprint density at radius 3 is 2.31 bits per heavy atom. The van der Waals surface area contributed by atoms with Crippen molar-refractivity contribution in [3.8, 4) is 16.9 Å². The fourth-order valence-electron chi connectivity index (χ4n) is 4.05. The Balaban J connectivity index is 2.01. The van der Waals surface area contributed by atoms with E-state index >= 15 is 0 Å². The lowest BCUT2D eigenvalue weighted by Crippen LogP contribution is -2.53. The summed E-state index contributed by atoms with van der Waals surface area (Å²) in [7, 11) is 1.29. The van der Waals surface area contributed by atoms with Gasteiger partial charge in [0.05, 0.1) is 7.11 Å². The molecule has 0 spiro atoms. The summed E-state index contributed by atoms with van der Waals surface area (Å²) in [6.07, 6.45) is -14.2. The summed E-state index contributed by atoms with van der Waals surface area (Å²) in [5, 5.41) is 1.32. The Labute approximate surface area is 216 Å². The molecular formula is C24H23F9N4O2. The molecule has 0 bridgehead atoms. The highest BCUT2D eigenvalue weighted by molar-refractivity contribution is 5.76. The zero-order chi connectivity index (χ0) is 29.2. The van der Waals surface area contributed by atoms with Gasteiger partial charge in [0.25, 0.3) is 0 Å². The molecular weight excluding hydrogens is 547 g/mol. The SMILES string of the molecule is CCN(C(=O)N[C@@H](CCC(F)(F)F)C(F)(F)F)[C@@H](c1ccc(OC)c(-c2ccc3nccn3c2)c1)C(F)(F)F. The van der Waals surface area contributed by atoms with Crippen LogP contribution >= 0.6 is 0 Å². The first-order valence-electron chi connectivity index (χ1n) is 11.4. The van der Waals surface area contributed by atoms with Crippen molar-refractivity contribution in [2.45, 2.75) is 50.4 Å². The van der Waals surface area contributed by atoms with Crippen LogP contribution < -0.4 is 10.1 Å². The number of nitrogens with one attached hydrogen (secondary N) is 1. The molecule has 0 aliphatic carbocycles. The lowest BCUT2D eigenvalue weighted by Gasteiger charge is -2.34. The van der Waals surface area contributed by atoms with Crippen LogP contribution in [0.3, 0.4) is 0 Å². The number of benzene rings is 1. The number of rotatable bonds is 8. The van der Waals surface area contributed by atoms with Gasteiger partial charge < -0.3 is 19.4 Å². The maximum atomic E-state index is 14.3. The predicted octanol–water partition coefficient (Wildman–Crippen LogP) is 6.92. The Morgan fingerprint density at radius 1 is 1.05 bits per heavy atom. The van der Waals surface area contributed by atoms with Crippen LogP contribution in [0.5, 0.6) is 5.75 Å². The van der Waals surface area contributed by atoms with Gasteiger partial charge in [-0.25, -0.2) is 9.78 Å². The number of amides is 2. The van der Waals surface area contributed by atoms with Crippen LogP contribution in [-0.2, 0) is 0 Å². The number of ether oxygens (including phenoxy) is 1. The fraction of sp³-hybridized carbons (Fsp3) is 0.417. The number of alkyl halides is 9. The predicted molar refractivity (Wildman–Crippen MR) is 122 cm³/mol. The van der Waals surface area contributed by atoms with E-state index in [2.05, 4.69) is 4.98 Å². The maximum absolute atomic E-state index is 14.3. The number of aromatic nitrogens is 2. The first-order valence-corrected chi connectivity index (χ1v) is 11.4. The van der Waals surface area contributed by atoms with Crippen molar-refractivity contribution in [2.75, 3.05) is 13.7 Å². The Bertz CT molecular complexity index is 1290. The number of hydrogen-bond donors (Lipinski definition) is 1. The van der Waals surface area contributed by atoms with Gasteiger partial charge in [0.15, 0.2) is 6.04 Å². The molecule has 0 aliphatic heterocycles. The molecule has 2 amide bonds. The summed E-state index contributed by atoms with van der Waals surface area (Å²) >= 11 is 0. The molecule has 0 radical (unpaired) electrons. The van der Waals surface area contributed by atoms with Gasteiger partial charge >= 0.3 is 24.6 Å². The molecule has 6 nitrogen and oxygen atoms in total. The van der Waals surface area contributed by atoms with E-state index in [1.165, 1.54) is 24.7 Å². The van der Waals surface area contributed by atoms with Gasteiger partial charge in [-0.2, -0.15) is 39.5 Å². The Kier molecular flexibility index (Phi) is 8.60. The Hall–Kier alpha value is -3.65. The molecule has 2 atom stereocenters. The molecule has 0 fully saturated rings. The first kappa shape index (κ1) is 29.9. The molecule has 2 heterocycles. The number of imidazole rings is 1. The zero-order valence-corrected chi connectivity index (χ0v) is 20.5. The summed E-state index contributed by atoms with van der Waals surface area (Å²) in [5.74, 6) is 0.177. The Morgan fingerprint density at radius 2 is 1.74 bits per heavy atom. The van der Waals surface area contributed by atoms with Crippen molar-refractivity contribution in [1.82, 2.24) is 19.6 Å². The van der Waals surface area contributed by atoms with Crippen LogP contribution in [0.25, 0.3) is 16.8 Å². The van der Waals surface area contributed by atoms with Crippen molar-refractivity contribution in [3.63, 3.8) is 0 Å². The van der Waals surface area contributed by atoms with E-state index in [9.17, 15) is 44.3 Å². The lowest BCUT2D eigenvalue weighted by atomic mass is 9.98.